The Hall–Kier alpha value is -5.52. The molecule has 6 heterocycles. The fourth-order valence-corrected chi connectivity index (χ4v) is 5.55. The summed E-state index contributed by atoms with van der Waals surface area (Å²) in [7, 11) is 0. The monoisotopic (exact) mass is 859 g/mol. The molecule has 0 fully saturated rings. The zero-order valence-electron chi connectivity index (χ0n) is 42.5. The molecule has 0 aromatic carbocycles. The van der Waals surface area contributed by atoms with Gasteiger partial charge in [-0.05, 0) is 128 Å². The molecule has 0 saturated carbocycles. The van der Waals surface area contributed by atoms with E-state index in [1.165, 1.54) is 5.56 Å². The van der Waals surface area contributed by atoms with Crippen LogP contribution < -0.4 is 0 Å². The van der Waals surface area contributed by atoms with Crippen molar-refractivity contribution in [3.8, 4) is 0 Å². The molecule has 0 aliphatic rings. The molecule has 0 aliphatic carbocycles. The molecule has 63 heavy (non-hydrogen) atoms. The van der Waals surface area contributed by atoms with Gasteiger partial charge in [0.15, 0.2) is 0 Å². The molecule has 12 nitrogen and oxygen atoms in total. The van der Waals surface area contributed by atoms with Crippen molar-refractivity contribution < 1.29 is 0 Å². The van der Waals surface area contributed by atoms with Crippen molar-refractivity contribution in [3.05, 3.63) is 141 Å². The van der Waals surface area contributed by atoms with Crippen LogP contribution in [0.2, 0.25) is 0 Å². The molecular weight excluding hydrogens is 781 g/mol. The van der Waals surface area contributed by atoms with Crippen LogP contribution in [0, 0.1) is 62.3 Å². The van der Waals surface area contributed by atoms with Gasteiger partial charge in [0.25, 0.3) is 0 Å². The van der Waals surface area contributed by atoms with Crippen LogP contribution >= 0.6 is 0 Å². The van der Waals surface area contributed by atoms with E-state index in [0.29, 0.717) is 35.5 Å². The van der Waals surface area contributed by atoms with Crippen LogP contribution in [-0.4, -0.2) is 59.8 Å². The summed E-state index contributed by atoms with van der Waals surface area (Å²) in [6.07, 6.45) is 6.86. The van der Waals surface area contributed by atoms with Gasteiger partial charge in [-0.15, -0.1) is 0 Å². The van der Waals surface area contributed by atoms with Gasteiger partial charge < -0.3 is 0 Å². The first-order chi connectivity index (χ1) is 29.4. The van der Waals surface area contributed by atoms with Crippen molar-refractivity contribution in [1.29, 1.82) is 0 Å². The van der Waals surface area contributed by atoms with Crippen molar-refractivity contribution in [1.82, 2.24) is 59.8 Å². The van der Waals surface area contributed by atoms with Crippen LogP contribution in [0.5, 0.6) is 0 Å². The fourth-order valence-electron chi connectivity index (χ4n) is 5.55. The van der Waals surface area contributed by atoms with Gasteiger partial charge in [0.1, 0.15) is 36.0 Å². The van der Waals surface area contributed by atoms with Gasteiger partial charge in [0.05, 0.1) is 0 Å². The summed E-state index contributed by atoms with van der Waals surface area (Å²) in [6, 6.07) is 9.96. The van der Waals surface area contributed by atoms with Crippen molar-refractivity contribution in [2.24, 2.45) is 0 Å². The predicted octanol–water partition coefficient (Wildman–Crippen LogP) is 12.4. The smallest absolute Gasteiger partial charge is 0.131 e. The van der Waals surface area contributed by atoms with Crippen LogP contribution in [0.4, 0.5) is 0 Å². The van der Waals surface area contributed by atoms with E-state index in [9.17, 15) is 0 Å². The molecule has 0 saturated heterocycles. The lowest BCUT2D eigenvalue weighted by atomic mass is 10.0. The highest BCUT2D eigenvalue weighted by molar-refractivity contribution is 5.24. The minimum atomic E-state index is 0.430. The number of hydrogen-bond acceptors (Lipinski definition) is 12. The average molecular weight is 859 g/mol. The maximum Gasteiger partial charge on any atom is 0.131 e. The quantitative estimate of drug-likeness (QED) is 0.156. The van der Waals surface area contributed by atoms with Crippen LogP contribution in [0.3, 0.4) is 0 Å². The van der Waals surface area contributed by atoms with Crippen LogP contribution in [0.25, 0.3) is 0 Å². The molecule has 12 heteroatoms. The molecule has 0 radical (unpaired) electrons. The van der Waals surface area contributed by atoms with E-state index >= 15 is 0 Å². The van der Waals surface area contributed by atoms with Crippen LogP contribution in [0.1, 0.15) is 204 Å². The second-order valence-corrected chi connectivity index (χ2v) is 17.5. The summed E-state index contributed by atoms with van der Waals surface area (Å²) in [5, 5.41) is 0. The van der Waals surface area contributed by atoms with Gasteiger partial charge in [0, 0.05) is 75.3 Å². The summed E-state index contributed by atoms with van der Waals surface area (Å²) in [5.41, 5.74) is 12.2. The molecule has 0 aliphatic heterocycles. The predicted molar refractivity (Wildman–Crippen MR) is 259 cm³/mol. The fraction of sp³-hybridized carbons (Fsp3) is 0.529. The number of nitrogens with zero attached hydrogens (tertiary/aromatic N) is 12. The Kier molecular flexibility index (Phi) is 24.9. The summed E-state index contributed by atoms with van der Waals surface area (Å²) in [4.78, 5) is 50.2. The topological polar surface area (TPSA) is 155 Å². The van der Waals surface area contributed by atoms with Crippen LogP contribution in [-0.2, 0) is 0 Å². The molecule has 0 unspecified atom stereocenters. The molecule has 0 spiro atoms. The molecular formula is C51H78N12. The normalized spacial score (nSPS) is 10.5. The zero-order chi connectivity index (χ0) is 48.0. The lowest BCUT2D eigenvalue weighted by molar-refractivity contribution is 0.766. The third-order valence-electron chi connectivity index (χ3n) is 9.21. The Morgan fingerprint density at radius 2 is 0.794 bits per heavy atom. The van der Waals surface area contributed by atoms with Crippen molar-refractivity contribution >= 4 is 0 Å². The highest BCUT2D eigenvalue weighted by Crippen LogP contribution is 2.17. The standard InChI is InChI=1S/3C9H14N2.3C8H12N2/c1-6(2)9-7(3)8(4)10-5-11-9;2*1-6(2)9-5-7(3)10-8(4)11-9;1-6(2)8-4-7(3)9-5-10-8;1-6(2)8-4-5-9-7(3)10-8;1-6(2)8-9-5-4-7(3)10-8/h3*5-6H,1-4H3;3*4-6H,1-3H3. The zero-order valence-corrected chi connectivity index (χ0v) is 42.5. The van der Waals surface area contributed by atoms with E-state index in [0.717, 1.165) is 80.2 Å². The van der Waals surface area contributed by atoms with E-state index in [4.69, 9.17) is 0 Å². The van der Waals surface area contributed by atoms with Crippen molar-refractivity contribution in [3.63, 3.8) is 0 Å². The van der Waals surface area contributed by atoms with Gasteiger partial charge in [-0.25, -0.2) is 59.8 Å². The van der Waals surface area contributed by atoms with Gasteiger partial charge in [-0.2, -0.15) is 0 Å². The van der Waals surface area contributed by atoms with Crippen LogP contribution in [0.15, 0.2) is 55.4 Å². The lowest BCUT2D eigenvalue weighted by Gasteiger charge is -2.08. The van der Waals surface area contributed by atoms with E-state index in [2.05, 4.69) is 150 Å². The van der Waals surface area contributed by atoms with Gasteiger partial charge in [0.2, 0.25) is 0 Å². The largest absolute Gasteiger partial charge is 0.242 e. The van der Waals surface area contributed by atoms with Gasteiger partial charge in [-0.3, -0.25) is 0 Å². The number of aromatic nitrogens is 12. The third kappa shape index (κ3) is 22.4. The van der Waals surface area contributed by atoms with E-state index in [1.54, 1.807) is 25.0 Å². The highest BCUT2D eigenvalue weighted by Gasteiger charge is 2.07. The Balaban J connectivity index is 0.000000378. The van der Waals surface area contributed by atoms with E-state index < -0.39 is 0 Å². The number of hydrogen-bond donors (Lipinski definition) is 0. The summed E-state index contributed by atoms with van der Waals surface area (Å²) in [6.45, 7) is 43.4. The molecule has 6 aromatic rings. The Labute approximate surface area is 380 Å². The Morgan fingerprint density at radius 1 is 0.333 bits per heavy atom. The number of rotatable bonds is 6. The second kappa shape index (κ2) is 28.2. The van der Waals surface area contributed by atoms with E-state index in [1.807, 2.05) is 85.7 Å². The number of aryl methyl sites for hydroxylation is 8. The molecule has 0 atom stereocenters. The first-order valence-electron chi connectivity index (χ1n) is 22.2. The summed E-state index contributed by atoms with van der Waals surface area (Å²) in [5.74, 6) is 6.44. The molecule has 6 rings (SSSR count). The molecule has 0 amide bonds. The Bertz CT molecular complexity index is 2020. The minimum Gasteiger partial charge on any atom is -0.242 e. The first-order valence-corrected chi connectivity index (χ1v) is 22.2. The molecule has 0 bridgehead atoms. The minimum absolute atomic E-state index is 0.430. The average Bonchev–Trinajstić information content (AvgIpc) is 3.19. The molecule has 0 N–H and O–H groups in total. The molecule has 6 aromatic heterocycles. The first kappa shape index (κ1) is 55.5. The summed E-state index contributed by atoms with van der Waals surface area (Å²) < 4.78 is 0. The second-order valence-electron chi connectivity index (χ2n) is 17.5. The maximum absolute atomic E-state index is 4.32. The van der Waals surface area contributed by atoms with E-state index in [-0.39, 0.29) is 0 Å². The van der Waals surface area contributed by atoms with Gasteiger partial charge in [-0.1, -0.05) is 83.1 Å². The van der Waals surface area contributed by atoms with Gasteiger partial charge >= 0.3 is 0 Å². The Morgan fingerprint density at radius 3 is 1.14 bits per heavy atom. The lowest BCUT2D eigenvalue weighted by Crippen LogP contribution is -2.00. The van der Waals surface area contributed by atoms with Crippen molar-refractivity contribution in [2.45, 2.75) is 181 Å². The summed E-state index contributed by atoms with van der Waals surface area (Å²) >= 11 is 0. The highest BCUT2D eigenvalue weighted by atomic mass is 14.9. The third-order valence-corrected chi connectivity index (χ3v) is 9.21. The van der Waals surface area contributed by atoms with Crippen molar-refractivity contribution in [2.75, 3.05) is 0 Å². The SMILES string of the molecule is Cc1cc(C(C)C)nc(C)n1.Cc1cc(C(C)C)nc(C)n1.Cc1cc(C(C)C)ncn1.Cc1ccnc(C(C)C)n1.Cc1nccc(C(C)C)n1.Cc1ncnc(C(C)C)c1C. The maximum atomic E-state index is 4.32. The molecule has 342 valence electrons.